The number of pyridine rings is 12. The molecule has 21 heterocycles. The highest BCUT2D eigenvalue weighted by Crippen LogP contribution is 2.38. The van der Waals surface area contributed by atoms with Crippen LogP contribution in [-0.2, 0) is 92.8 Å². The van der Waals surface area contributed by atoms with Gasteiger partial charge in [-0.15, -0.1) is 0 Å². The lowest BCUT2D eigenvalue weighted by Gasteiger charge is -2.13. The van der Waals surface area contributed by atoms with E-state index in [1.54, 1.807) is 101 Å². The second kappa shape index (κ2) is 36.5. The summed E-state index contributed by atoms with van der Waals surface area (Å²) in [4.78, 5) is 88.0. The Hall–Kier alpha value is -17.2. The summed E-state index contributed by atoms with van der Waals surface area (Å²) in [5, 5.41) is 63.6. The summed E-state index contributed by atoms with van der Waals surface area (Å²) in [5.74, 6) is 7.14. The number of nitrogen functional groups attached to an aromatic ring is 4. The Morgan fingerprint density at radius 2 is 0.757 bits per heavy atom. The number of imidazole rings is 1. The van der Waals surface area contributed by atoms with Gasteiger partial charge in [-0.25, -0.2) is 61.7 Å². The third-order valence-corrected chi connectivity index (χ3v) is 24.6. The van der Waals surface area contributed by atoms with Gasteiger partial charge in [0.1, 0.15) is 72.0 Å². The predicted molar refractivity (Wildman–Crippen MR) is 513 cm³/mol. The number of nitrogens with zero attached hydrogens (tertiary/aromatic N) is 24. The van der Waals surface area contributed by atoms with E-state index in [0.29, 0.717) is 164 Å². The molecular formula is C90H91N35O9S2. The van der Waals surface area contributed by atoms with Gasteiger partial charge in [-0.05, 0) is 120 Å². The Balaban J connectivity index is 0.000000121. The zero-order chi connectivity index (χ0) is 95.3. The molecule has 136 heavy (non-hydrogen) atoms. The molecule has 0 saturated heterocycles. The zero-order valence-corrected chi connectivity index (χ0v) is 76.3. The standard InChI is InChI=1S/C23H25N9O3S.C23H21N9O.C22H23N9O3S.C22H22N8O2/c1-13-16(9-25-11-19(13)30-36(3,34)35)18-6-14-7-20(26-10-17(14)23(24)27-18)28-21-8-15-4-5-31(2)22(33)12-32(15)29-21;1-14-2-6-31(33)12-18(14)19-8-15-9-20(26-11-17(15)23(24)27-19)28-21-10-16-3-5-30-7-4-25-22(30)13-32(16)29-21;1-12-15(8-24-10-18(12)30-35(2,33)34)17-5-13-6-19(26-9-16(13)22(23)27-17)28-20-7-14-3-4-25-21(32)11-31(14)29-20;1-13-3-6-29(32)11-17(13)18-7-14-8-19(24-10-16(14)22(23)25-18)26-20-9-15-4-5-28(2)21(31)12-30(15)27-20/h6-11,30H,4-5,12H2,1-3H3,(H2,24,27)(H,26,28,29);2,4,6-12H,3,5,13H2,1H3,(H2,24,27)(H,26,28,29);5-10,30H,3-4,11H2,1-2H3,(H2,23,27)(H,25,32)(H,26,28,29);3,6-11H,4-5,12H2,1-2H3,(H2,23,25)(H,24,26,27). The highest BCUT2D eigenvalue weighted by molar-refractivity contribution is 7.92. The number of anilines is 14. The number of amides is 3. The van der Waals surface area contributed by atoms with E-state index in [4.69, 9.17) is 28.0 Å². The van der Waals surface area contributed by atoms with E-state index in [2.05, 4.69) is 111 Å². The maximum atomic E-state index is 12.2. The number of rotatable bonds is 16. The fourth-order valence-electron chi connectivity index (χ4n) is 16.2. The average molecular weight is 1870 g/mol. The number of sulfonamides is 2. The summed E-state index contributed by atoms with van der Waals surface area (Å²) < 4.78 is 62.5. The number of carbonyl (C=O) groups is 3. The van der Waals surface area contributed by atoms with Gasteiger partial charge in [0.05, 0.1) is 76.7 Å². The van der Waals surface area contributed by atoms with Crippen molar-refractivity contribution in [3.8, 4) is 45.0 Å². The molecule has 0 saturated carbocycles. The molecule has 17 aromatic rings. The number of hydrogen-bond donors (Lipinski definition) is 11. The average Bonchev–Trinajstić information content (AvgIpc) is 1.17. The molecule has 3 amide bonds. The molecule has 0 unspecified atom stereocenters. The van der Waals surface area contributed by atoms with Crippen LogP contribution in [0.25, 0.3) is 88.1 Å². The predicted octanol–water partition coefficient (Wildman–Crippen LogP) is 7.81. The third kappa shape index (κ3) is 19.7. The second-order valence-electron chi connectivity index (χ2n) is 33.2. The molecule has 0 fully saturated rings. The third-order valence-electron chi connectivity index (χ3n) is 23.4. The molecule has 44 nitrogen and oxygen atoms in total. The van der Waals surface area contributed by atoms with Crippen LogP contribution in [-0.4, -0.2) is 189 Å². The van der Waals surface area contributed by atoms with Gasteiger partial charge < -0.3 is 74.3 Å². The monoisotopic (exact) mass is 1870 g/mol. The minimum Gasteiger partial charge on any atom is -0.619 e. The van der Waals surface area contributed by atoms with Crippen LogP contribution in [0.3, 0.4) is 0 Å². The van der Waals surface area contributed by atoms with Crippen LogP contribution in [0.5, 0.6) is 0 Å². The van der Waals surface area contributed by atoms with E-state index < -0.39 is 20.0 Å². The van der Waals surface area contributed by atoms with Crippen molar-refractivity contribution in [1.82, 2.24) is 114 Å². The SMILES string of the molecule is Cc1c(NS(C)(=O)=O)cncc1-c1cc2cc(Nc3cc4n(n3)CC(=O)N(C)CC4)ncc2c(N)n1.Cc1c(NS(C)(=O)=O)cncc1-c1cc2cc(Nc3cc4n(n3)CC(=O)NCC4)ncc2c(N)n1.Cc1cc[n+]([O-])cc1-c1cc2cc(Nc3cc4n(n3)CC(=O)N(C)CC4)ncc2c(N)n1.Cc1cc[n+]([O-])cc1-c1cc2cc(Nc3cc4n(n3)Cc3nccn3CC4)ncc2c(N)n1. The summed E-state index contributed by atoms with van der Waals surface area (Å²) in [5.41, 5.74) is 38.0. The zero-order valence-electron chi connectivity index (χ0n) is 74.7. The van der Waals surface area contributed by atoms with E-state index >= 15 is 0 Å². The van der Waals surface area contributed by atoms with Gasteiger partial charge in [-0.1, -0.05) is 0 Å². The first-order valence-corrected chi connectivity index (χ1v) is 46.5. The molecule has 0 atom stereocenters. The van der Waals surface area contributed by atoms with Crippen LogP contribution in [0.2, 0.25) is 0 Å². The highest BCUT2D eigenvalue weighted by Gasteiger charge is 2.26. The van der Waals surface area contributed by atoms with E-state index in [-0.39, 0.29) is 43.2 Å². The normalized spacial score (nSPS) is 13.6. The number of nitrogens with one attached hydrogen (secondary N) is 7. The van der Waals surface area contributed by atoms with Crippen LogP contribution >= 0.6 is 0 Å². The first-order chi connectivity index (χ1) is 65.1. The van der Waals surface area contributed by atoms with Crippen LogP contribution in [0.4, 0.5) is 81.2 Å². The fourth-order valence-corrected chi connectivity index (χ4v) is 17.4. The summed E-state index contributed by atoms with van der Waals surface area (Å²) in [6.45, 7) is 11.4. The number of carbonyl (C=O) groups excluding carboxylic acids is 3. The Kier molecular flexibility index (Phi) is 24.0. The molecule has 46 heteroatoms. The van der Waals surface area contributed by atoms with E-state index in [9.17, 15) is 41.6 Å². The van der Waals surface area contributed by atoms with Crippen molar-refractivity contribution in [2.24, 2.45) is 0 Å². The molecule has 15 N–H and O–H groups in total. The lowest BCUT2D eigenvalue weighted by molar-refractivity contribution is -0.605. The first-order valence-electron chi connectivity index (χ1n) is 42.7. The van der Waals surface area contributed by atoms with Crippen molar-refractivity contribution >= 4 is 162 Å². The Labute approximate surface area is 776 Å². The maximum absolute atomic E-state index is 12.2. The first kappa shape index (κ1) is 89.4. The van der Waals surface area contributed by atoms with Crippen molar-refractivity contribution in [3.63, 3.8) is 0 Å². The van der Waals surface area contributed by atoms with Crippen molar-refractivity contribution < 1.29 is 40.7 Å². The van der Waals surface area contributed by atoms with Gasteiger partial charge in [-0.2, -0.15) is 29.9 Å². The Morgan fingerprint density at radius 3 is 1.13 bits per heavy atom. The molecule has 692 valence electrons. The van der Waals surface area contributed by atoms with Crippen LogP contribution in [0.15, 0.2) is 172 Å². The molecular weight excluding hydrogens is 1780 g/mol. The molecule has 17 aromatic heterocycles. The number of aryl methyl sites for hydroxylation is 4. The number of nitrogens with two attached hydrogens (primary N) is 4. The van der Waals surface area contributed by atoms with Crippen LogP contribution in [0.1, 0.15) is 50.9 Å². The van der Waals surface area contributed by atoms with Crippen molar-refractivity contribution in [1.29, 1.82) is 0 Å². The van der Waals surface area contributed by atoms with Gasteiger partial charge in [0, 0.05) is 207 Å². The van der Waals surface area contributed by atoms with E-state index in [0.717, 1.165) is 130 Å². The maximum Gasteiger partial charge on any atom is 0.244 e. The van der Waals surface area contributed by atoms with E-state index in [1.807, 2.05) is 104 Å². The minimum absolute atomic E-state index is 0.0170. The topological polar surface area (TPSA) is 586 Å². The van der Waals surface area contributed by atoms with Gasteiger partial charge in [0.25, 0.3) is 0 Å². The molecule has 4 aliphatic rings. The molecule has 0 bridgehead atoms. The largest absolute Gasteiger partial charge is 0.619 e. The molecule has 4 aliphatic heterocycles. The number of hydrogen-bond acceptors (Lipinski definition) is 32. The summed E-state index contributed by atoms with van der Waals surface area (Å²) in [6, 6.07) is 26.3. The lowest BCUT2D eigenvalue weighted by atomic mass is 10.0. The van der Waals surface area contributed by atoms with Gasteiger partial charge in [-0.3, -0.25) is 52.5 Å². The van der Waals surface area contributed by atoms with Crippen molar-refractivity contribution in [3.05, 3.63) is 233 Å². The van der Waals surface area contributed by atoms with Crippen LogP contribution < -0.4 is 68.4 Å². The van der Waals surface area contributed by atoms with Crippen molar-refractivity contribution in [2.45, 2.75) is 86.1 Å². The highest BCUT2D eigenvalue weighted by atomic mass is 32.2. The Bertz CT molecular complexity index is 7910. The number of likely N-dealkylation sites (N-methyl/N-ethyl adjacent to an activating group) is 2. The van der Waals surface area contributed by atoms with Gasteiger partial charge in [0.15, 0.2) is 48.1 Å². The lowest BCUT2D eigenvalue weighted by Crippen LogP contribution is -2.29. The van der Waals surface area contributed by atoms with Gasteiger partial charge >= 0.3 is 0 Å². The molecule has 21 rings (SSSR count). The van der Waals surface area contributed by atoms with Crippen molar-refractivity contribution in [2.75, 3.05) is 99.9 Å². The summed E-state index contributed by atoms with van der Waals surface area (Å²) in [6.07, 6.45) is 27.7. The molecule has 0 aromatic carbocycles. The Morgan fingerprint density at radius 1 is 0.412 bits per heavy atom. The molecule has 0 radical (unpaired) electrons. The molecule has 0 aliphatic carbocycles. The summed E-state index contributed by atoms with van der Waals surface area (Å²) >= 11 is 0. The quantitative estimate of drug-likeness (QED) is 0.0324. The second-order valence-corrected chi connectivity index (χ2v) is 36.7. The number of aromatic nitrogens is 22. The van der Waals surface area contributed by atoms with Gasteiger partial charge in [0.2, 0.25) is 37.8 Å². The summed E-state index contributed by atoms with van der Waals surface area (Å²) in [7, 11) is -3.34. The molecule has 0 spiro atoms. The fraction of sp³-hybridized carbons (Fsp3) is 0.222. The van der Waals surface area contributed by atoms with E-state index in [1.165, 1.54) is 37.2 Å². The smallest absolute Gasteiger partial charge is 0.244 e. The minimum atomic E-state index is -3.47. The number of fused-ring (bicyclic) bond motifs is 9. The van der Waals surface area contributed by atoms with Crippen LogP contribution in [0, 0.1) is 38.1 Å².